The van der Waals surface area contributed by atoms with Gasteiger partial charge in [-0.3, -0.25) is 4.90 Å². The highest BCUT2D eigenvalue weighted by atomic mass is 127. The summed E-state index contributed by atoms with van der Waals surface area (Å²) in [4.78, 5) is 11.4. The smallest absolute Gasteiger partial charge is 0.161 e. The molecule has 1 aliphatic heterocycles. The average Bonchev–Trinajstić information content (AvgIpc) is 2.44. The maximum absolute atomic E-state index is 6.00. The molecule has 2 rings (SSSR count). The van der Waals surface area contributed by atoms with Crippen molar-refractivity contribution in [1.29, 1.82) is 0 Å². The average molecular weight is 376 g/mol. The van der Waals surface area contributed by atoms with E-state index in [0.717, 1.165) is 54.2 Å². The van der Waals surface area contributed by atoms with Crippen molar-refractivity contribution >= 4 is 28.4 Å². The van der Waals surface area contributed by atoms with E-state index in [9.17, 15) is 0 Å². The number of nitrogens with zero attached hydrogens (tertiary/aromatic N) is 3. The molecule has 1 aliphatic rings. The van der Waals surface area contributed by atoms with Gasteiger partial charge < -0.3 is 10.5 Å². The first-order chi connectivity index (χ1) is 9.15. The zero-order valence-electron chi connectivity index (χ0n) is 11.5. The van der Waals surface area contributed by atoms with E-state index < -0.39 is 0 Å². The zero-order chi connectivity index (χ0) is 13.8. The minimum atomic E-state index is -0.0522. The number of ether oxygens (including phenoxy) is 1. The van der Waals surface area contributed by atoms with E-state index in [1.165, 1.54) is 0 Å². The molecular formula is C13H21IN4O. The maximum atomic E-state index is 6.00. The number of rotatable bonds is 4. The number of nitrogens with two attached hydrogens (primary N) is 1. The summed E-state index contributed by atoms with van der Waals surface area (Å²) >= 11 is 2.23. The van der Waals surface area contributed by atoms with Crippen molar-refractivity contribution in [2.75, 3.05) is 32.0 Å². The molecule has 0 radical (unpaired) electrons. The van der Waals surface area contributed by atoms with E-state index in [1.807, 2.05) is 0 Å². The van der Waals surface area contributed by atoms with Gasteiger partial charge in [0.2, 0.25) is 0 Å². The largest absolute Gasteiger partial charge is 0.383 e. The van der Waals surface area contributed by atoms with Crippen LogP contribution in [0.2, 0.25) is 0 Å². The molecule has 2 heterocycles. The van der Waals surface area contributed by atoms with Gasteiger partial charge in [-0.05, 0) is 35.6 Å². The van der Waals surface area contributed by atoms with Gasteiger partial charge in [-0.2, -0.15) is 0 Å². The van der Waals surface area contributed by atoms with Crippen LogP contribution in [-0.4, -0.2) is 41.1 Å². The van der Waals surface area contributed by atoms with Crippen molar-refractivity contribution in [3.8, 4) is 0 Å². The lowest BCUT2D eigenvalue weighted by atomic mass is 10.2. The number of hydrogen-bond donors (Lipinski definition) is 1. The SMILES string of the molecule is CCCc1nc(C2CN(CC)CCO2)nc(N)c1I. The summed E-state index contributed by atoms with van der Waals surface area (Å²) in [6.45, 7) is 7.90. The molecule has 1 saturated heterocycles. The normalized spacial score (nSPS) is 20.7. The molecule has 0 spiro atoms. The summed E-state index contributed by atoms with van der Waals surface area (Å²) in [5.41, 5.74) is 7.04. The number of halogens is 1. The lowest BCUT2D eigenvalue weighted by Crippen LogP contribution is -2.38. The van der Waals surface area contributed by atoms with Crippen molar-refractivity contribution in [2.45, 2.75) is 32.8 Å². The molecule has 0 saturated carbocycles. The van der Waals surface area contributed by atoms with E-state index in [2.05, 4.69) is 51.3 Å². The Balaban J connectivity index is 2.24. The van der Waals surface area contributed by atoms with Crippen LogP contribution in [-0.2, 0) is 11.2 Å². The fourth-order valence-corrected chi connectivity index (χ4v) is 2.74. The third kappa shape index (κ3) is 3.55. The fraction of sp³-hybridized carbons (Fsp3) is 0.692. The summed E-state index contributed by atoms with van der Waals surface area (Å²) in [6.07, 6.45) is 1.93. The number of morpholine rings is 1. The van der Waals surface area contributed by atoms with Crippen LogP contribution >= 0.6 is 22.6 Å². The second-order valence-electron chi connectivity index (χ2n) is 4.73. The third-order valence-electron chi connectivity index (χ3n) is 3.34. The molecule has 5 nitrogen and oxygen atoms in total. The van der Waals surface area contributed by atoms with Crippen molar-refractivity contribution < 1.29 is 4.74 Å². The van der Waals surface area contributed by atoms with Gasteiger partial charge in [-0.15, -0.1) is 0 Å². The van der Waals surface area contributed by atoms with Gasteiger partial charge in [-0.25, -0.2) is 9.97 Å². The first-order valence-corrected chi connectivity index (χ1v) is 7.89. The van der Waals surface area contributed by atoms with Crippen molar-refractivity contribution in [1.82, 2.24) is 14.9 Å². The first kappa shape index (κ1) is 14.9. The highest BCUT2D eigenvalue weighted by molar-refractivity contribution is 14.1. The van der Waals surface area contributed by atoms with Crippen LogP contribution < -0.4 is 5.73 Å². The number of aryl methyl sites for hydroxylation is 1. The van der Waals surface area contributed by atoms with Crippen LogP contribution in [0.3, 0.4) is 0 Å². The van der Waals surface area contributed by atoms with Gasteiger partial charge >= 0.3 is 0 Å². The van der Waals surface area contributed by atoms with Gasteiger partial charge in [0.05, 0.1) is 15.9 Å². The molecule has 6 heteroatoms. The highest BCUT2D eigenvalue weighted by Gasteiger charge is 2.24. The molecule has 106 valence electrons. The van der Waals surface area contributed by atoms with Crippen molar-refractivity contribution in [2.24, 2.45) is 0 Å². The van der Waals surface area contributed by atoms with Crippen LogP contribution in [0.1, 0.15) is 37.9 Å². The zero-order valence-corrected chi connectivity index (χ0v) is 13.7. The predicted molar refractivity (Wildman–Crippen MR) is 84.0 cm³/mol. The van der Waals surface area contributed by atoms with Crippen LogP contribution in [0.5, 0.6) is 0 Å². The molecule has 1 aromatic heterocycles. The lowest BCUT2D eigenvalue weighted by molar-refractivity contribution is -0.0326. The van der Waals surface area contributed by atoms with E-state index in [1.54, 1.807) is 0 Å². The van der Waals surface area contributed by atoms with E-state index >= 15 is 0 Å². The predicted octanol–water partition coefficient (Wildman–Crippen LogP) is 2.01. The first-order valence-electron chi connectivity index (χ1n) is 6.81. The van der Waals surface area contributed by atoms with E-state index in [4.69, 9.17) is 10.5 Å². The summed E-state index contributed by atoms with van der Waals surface area (Å²) in [5.74, 6) is 1.31. The Hall–Kier alpha value is -0.470. The van der Waals surface area contributed by atoms with Crippen LogP contribution in [0.15, 0.2) is 0 Å². The van der Waals surface area contributed by atoms with Gasteiger partial charge in [0.1, 0.15) is 11.9 Å². The summed E-state index contributed by atoms with van der Waals surface area (Å²) < 4.78 is 6.78. The maximum Gasteiger partial charge on any atom is 0.161 e. The molecular weight excluding hydrogens is 355 g/mol. The number of likely N-dealkylation sites (N-methyl/N-ethyl adjacent to an activating group) is 1. The van der Waals surface area contributed by atoms with Crippen molar-refractivity contribution in [3.63, 3.8) is 0 Å². The summed E-state index contributed by atoms with van der Waals surface area (Å²) in [7, 11) is 0. The molecule has 0 bridgehead atoms. The Labute approximate surface area is 128 Å². The van der Waals surface area contributed by atoms with E-state index in [0.29, 0.717) is 5.82 Å². The van der Waals surface area contributed by atoms with Crippen molar-refractivity contribution in [3.05, 3.63) is 15.1 Å². The molecule has 1 aromatic rings. The van der Waals surface area contributed by atoms with Gasteiger partial charge in [0.25, 0.3) is 0 Å². The molecule has 1 unspecified atom stereocenters. The third-order valence-corrected chi connectivity index (χ3v) is 4.51. The minimum Gasteiger partial charge on any atom is -0.383 e. The highest BCUT2D eigenvalue weighted by Crippen LogP contribution is 2.24. The molecule has 1 fully saturated rings. The Kier molecular flexibility index (Phi) is 5.35. The van der Waals surface area contributed by atoms with Gasteiger partial charge in [0, 0.05) is 13.1 Å². The van der Waals surface area contributed by atoms with Gasteiger partial charge in [-0.1, -0.05) is 20.3 Å². The van der Waals surface area contributed by atoms with E-state index in [-0.39, 0.29) is 6.10 Å². The quantitative estimate of drug-likeness (QED) is 0.815. The molecule has 1 atom stereocenters. The Morgan fingerprint density at radius 1 is 1.42 bits per heavy atom. The standard InChI is InChI=1S/C13H21IN4O/c1-3-5-9-11(14)12(15)17-13(16-9)10-8-18(4-2)6-7-19-10/h10H,3-8H2,1-2H3,(H2,15,16,17). The second kappa shape index (κ2) is 6.81. The Bertz CT molecular complexity index is 441. The van der Waals surface area contributed by atoms with Crippen LogP contribution in [0, 0.1) is 3.57 Å². The molecule has 0 amide bonds. The molecule has 0 aliphatic carbocycles. The Morgan fingerprint density at radius 2 is 2.21 bits per heavy atom. The summed E-state index contributed by atoms with van der Waals surface area (Å²) in [6, 6.07) is 0. The van der Waals surface area contributed by atoms with Gasteiger partial charge in [0.15, 0.2) is 5.82 Å². The number of anilines is 1. The number of hydrogen-bond acceptors (Lipinski definition) is 5. The molecule has 2 N–H and O–H groups in total. The monoisotopic (exact) mass is 376 g/mol. The molecule has 19 heavy (non-hydrogen) atoms. The number of aromatic nitrogens is 2. The minimum absolute atomic E-state index is 0.0522. The number of nitrogen functional groups attached to an aromatic ring is 1. The second-order valence-corrected chi connectivity index (χ2v) is 5.81. The molecule has 0 aromatic carbocycles. The topological polar surface area (TPSA) is 64.3 Å². The fourth-order valence-electron chi connectivity index (χ4n) is 2.23. The van der Waals surface area contributed by atoms with Crippen LogP contribution in [0.25, 0.3) is 0 Å². The summed E-state index contributed by atoms with van der Waals surface area (Å²) in [5, 5.41) is 0. The van der Waals surface area contributed by atoms with Crippen LogP contribution in [0.4, 0.5) is 5.82 Å². The Morgan fingerprint density at radius 3 is 2.89 bits per heavy atom. The lowest BCUT2D eigenvalue weighted by Gasteiger charge is -2.31.